The van der Waals surface area contributed by atoms with Gasteiger partial charge in [-0.25, -0.2) is 0 Å². The monoisotopic (exact) mass is 328 g/mol. The summed E-state index contributed by atoms with van der Waals surface area (Å²) in [5, 5.41) is 3.18. The van der Waals surface area contributed by atoms with Crippen LogP contribution in [0.3, 0.4) is 0 Å². The van der Waals surface area contributed by atoms with Gasteiger partial charge < -0.3 is 15.0 Å². The van der Waals surface area contributed by atoms with Gasteiger partial charge in [0.05, 0.1) is 6.04 Å². The number of carbonyl (C=O) groups is 1. The summed E-state index contributed by atoms with van der Waals surface area (Å²) in [4.78, 5) is 14.3. The van der Waals surface area contributed by atoms with Gasteiger partial charge in [0.15, 0.2) is 0 Å². The lowest BCUT2D eigenvalue weighted by Gasteiger charge is -2.44. The fourth-order valence-corrected chi connectivity index (χ4v) is 5.11. The van der Waals surface area contributed by atoms with Crippen LogP contribution >= 0.6 is 0 Å². The lowest BCUT2D eigenvalue weighted by molar-refractivity contribution is -0.119. The van der Waals surface area contributed by atoms with Gasteiger partial charge in [0.1, 0.15) is 0 Å². The molecule has 1 spiro atoms. The molecule has 4 rings (SSSR count). The van der Waals surface area contributed by atoms with Gasteiger partial charge >= 0.3 is 0 Å². The van der Waals surface area contributed by atoms with E-state index in [-0.39, 0.29) is 17.4 Å². The molecule has 2 heterocycles. The molecular formula is C20H28N2O2. The highest BCUT2D eigenvalue weighted by molar-refractivity contribution is 5.73. The molecule has 2 fully saturated rings. The van der Waals surface area contributed by atoms with Crippen LogP contribution in [0.25, 0.3) is 0 Å². The zero-order valence-electron chi connectivity index (χ0n) is 14.6. The van der Waals surface area contributed by atoms with Crippen molar-refractivity contribution in [2.24, 2.45) is 0 Å². The summed E-state index contributed by atoms with van der Waals surface area (Å²) in [5.41, 5.74) is 3.08. The molecule has 1 aromatic carbocycles. The predicted octanol–water partition coefficient (Wildman–Crippen LogP) is 2.78. The summed E-state index contributed by atoms with van der Waals surface area (Å²) >= 11 is 0. The largest absolute Gasteiger partial charge is 0.381 e. The number of likely N-dealkylation sites (tertiary alicyclic amines) is 1. The number of nitrogens with one attached hydrogen (secondary N) is 1. The maximum Gasteiger partial charge on any atom is 0.217 e. The lowest BCUT2D eigenvalue weighted by Crippen LogP contribution is -2.48. The van der Waals surface area contributed by atoms with E-state index in [1.165, 1.54) is 49.9 Å². The first-order chi connectivity index (χ1) is 11.7. The number of nitrogens with zero attached hydrogens (tertiary/aromatic N) is 1. The number of rotatable bonds is 2. The Balaban J connectivity index is 1.51. The number of hydrogen-bond acceptors (Lipinski definition) is 3. The van der Waals surface area contributed by atoms with Gasteiger partial charge in [-0.05, 0) is 56.3 Å². The van der Waals surface area contributed by atoms with Gasteiger partial charge in [-0.2, -0.15) is 0 Å². The quantitative estimate of drug-likeness (QED) is 0.908. The van der Waals surface area contributed by atoms with Gasteiger partial charge in [-0.3, -0.25) is 4.79 Å². The SMILES string of the molecule is CC(=O)N[C@H]1CC2(CCN(C3CCOCC3)CC2)c2ccccc21. The minimum atomic E-state index is 0.0755. The first kappa shape index (κ1) is 16.1. The fourth-order valence-electron chi connectivity index (χ4n) is 5.11. The van der Waals surface area contributed by atoms with Crippen LogP contribution in [0.5, 0.6) is 0 Å². The summed E-state index contributed by atoms with van der Waals surface area (Å²) in [5.74, 6) is 0.0755. The predicted molar refractivity (Wildman–Crippen MR) is 93.9 cm³/mol. The van der Waals surface area contributed by atoms with Crippen LogP contribution in [0.15, 0.2) is 24.3 Å². The molecule has 0 unspecified atom stereocenters. The fraction of sp³-hybridized carbons (Fsp3) is 0.650. The third-order valence-electron chi connectivity index (χ3n) is 6.34. The standard InChI is InChI=1S/C20H28N2O2/c1-15(23)21-19-14-20(18-5-3-2-4-17(18)19)8-10-22(11-9-20)16-6-12-24-13-7-16/h2-5,16,19H,6-14H2,1H3,(H,21,23)/t19-/m0/s1. The van der Waals surface area contributed by atoms with E-state index >= 15 is 0 Å². The van der Waals surface area contributed by atoms with Crippen LogP contribution in [0.4, 0.5) is 0 Å². The minimum absolute atomic E-state index is 0.0755. The van der Waals surface area contributed by atoms with E-state index in [2.05, 4.69) is 34.5 Å². The van der Waals surface area contributed by atoms with Crippen molar-refractivity contribution < 1.29 is 9.53 Å². The van der Waals surface area contributed by atoms with Crippen LogP contribution in [-0.2, 0) is 14.9 Å². The number of hydrogen-bond donors (Lipinski definition) is 1. The molecule has 1 N–H and O–H groups in total. The Kier molecular flexibility index (Phi) is 4.35. The highest BCUT2D eigenvalue weighted by Gasteiger charge is 2.46. The molecule has 3 aliphatic rings. The Morgan fingerprint density at radius 2 is 1.92 bits per heavy atom. The van der Waals surface area contributed by atoms with E-state index in [4.69, 9.17) is 4.74 Å². The second kappa shape index (κ2) is 6.49. The molecule has 0 saturated carbocycles. The van der Waals surface area contributed by atoms with Crippen LogP contribution in [0, 0.1) is 0 Å². The number of carbonyl (C=O) groups excluding carboxylic acids is 1. The number of ether oxygens (including phenoxy) is 1. The first-order valence-electron chi connectivity index (χ1n) is 9.36. The Morgan fingerprint density at radius 3 is 2.62 bits per heavy atom. The van der Waals surface area contributed by atoms with Gasteiger partial charge in [0.25, 0.3) is 0 Å². The molecule has 4 nitrogen and oxygen atoms in total. The highest BCUT2D eigenvalue weighted by atomic mass is 16.5. The molecule has 0 bridgehead atoms. The van der Waals surface area contributed by atoms with Crippen molar-refractivity contribution in [1.29, 1.82) is 0 Å². The van der Waals surface area contributed by atoms with Crippen molar-refractivity contribution >= 4 is 5.91 Å². The Labute approximate surface area is 144 Å². The van der Waals surface area contributed by atoms with Crippen molar-refractivity contribution in [3.63, 3.8) is 0 Å². The molecule has 0 radical (unpaired) electrons. The van der Waals surface area contributed by atoms with Gasteiger partial charge in [-0.15, -0.1) is 0 Å². The van der Waals surface area contributed by atoms with E-state index in [0.29, 0.717) is 6.04 Å². The molecule has 1 amide bonds. The normalized spacial score (nSPS) is 27.1. The van der Waals surface area contributed by atoms with Crippen LogP contribution in [0.1, 0.15) is 56.2 Å². The molecule has 1 atom stereocenters. The topological polar surface area (TPSA) is 41.6 Å². The molecule has 1 aromatic rings. The van der Waals surface area contributed by atoms with E-state index in [1.807, 2.05) is 0 Å². The summed E-state index contributed by atoms with van der Waals surface area (Å²) in [6, 6.07) is 9.65. The molecule has 130 valence electrons. The highest BCUT2D eigenvalue weighted by Crippen LogP contribution is 2.51. The van der Waals surface area contributed by atoms with E-state index < -0.39 is 0 Å². The third-order valence-corrected chi connectivity index (χ3v) is 6.34. The molecular weight excluding hydrogens is 300 g/mol. The van der Waals surface area contributed by atoms with E-state index in [0.717, 1.165) is 19.6 Å². The van der Waals surface area contributed by atoms with Crippen LogP contribution in [0.2, 0.25) is 0 Å². The zero-order valence-corrected chi connectivity index (χ0v) is 14.6. The first-order valence-corrected chi connectivity index (χ1v) is 9.36. The number of benzene rings is 1. The van der Waals surface area contributed by atoms with Crippen molar-refractivity contribution in [3.05, 3.63) is 35.4 Å². The second-order valence-electron chi connectivity index (χ2n) is 7.70. The molecule has 0 aromatic heterocycles. The van der Waals surface area contributed by atoms with E-state index in [1.54, 1.807) is 6.92 Å². The third kappa shape index (κ3) is 2.86. The van der Waals surface area contributed by atoms with Crippen LogP contribution < -0.4 is 5.32 Å². The van der Waals surface area contributed by atoms with Gasteiger partial charge in [0.2, 0.25) is 5.91 Å². The summed E-state index contributed by atoms with van der Waals surface area (Å²) in [7, 11) is 0. The molecule has 2 aliphatic heterocycles. The van der Waals surface area contributed by atoms with E-state index in [9.17, 15) is 4.79 Å². The average molecular weight is 328 g/mol. The lowest BCUT2D eigenvalue weighted by atomic mass is 9.73. The molecule has 4 heteroatoms. The summed E-state index contributed by atoms with van der Waals surface area (Å²) < 4.78 is 5.51. The van der Waals surface area contributed by atoms with Gasteiger partial charge in [0, 0.05) is 31.6 Å². The van der Waals surface area contributed by atoms with Crippen molar-refractivity contribution in [2.45, 2.75) is 56.5 Å². The van der Waals surface area contributed by atoms with Crippen molar-refractivity contribution in [2.75, 3.05) is 26.3 Å². The summed E-state index contributed by atoms with van der Waals surface area (Å²) in [6.45, 7) is 5.80. The number of amides is 1. The van der Waals surface area contributed by atoms with Gasteiger partial charge in [-0.1, -0.05) is 24.3 Å². The average Bonchev–Trinajstić information content (AvgIpc) is 2.90. The number of fused-ring (bicyclic) bond motifs is 2. The molecule has 24 heavy (non-hydrogen) atoms. The second-order valence-corrected chi connectivity index (χ2v) is 7.70. The molecule has 2 saturated heterocycles. The Bertz CT molecular complexity index is 601. The van der Waals surface area contributed by atoms with Crippen LogP contribution in [-0.4, -0.2) is 43.2 Å². The number of piperidine rings is 1. The van der Waals surface area contributed by atoms with Crippen molar-refractivity contribution in [3.8, 4) is 0 Å². The summed E-state index contributed by atoms with van der Waals surface area (Å²) in [6.07, 6.45) is 5.83. The maximum atomic E-state index is 11.6. The Hall–Kier alpha value is -1.39. The zero-order chi connectivity index (χ0) is 16.6. The smallest absolute Gasteiger partial charge is 0.217 e. The minimum Gasteiger partial charge on any atom is -0.381 e. The van der Waals surface area contributed by atoms with Crippen molar-refractivity contribution in [1.82, 2.24) is 10.2 Å². The maximum absolute atomic E-state index is 11.6. The Morgan fingerprint density at radius 1 is 1.21 bits per heavy atom. The molecule has 1 aliphatic carbocycles.